The number of amides is 1. The minimum atomic E-state index is -0.321. The second-order valence-corrected chi connectivity index (χ2v) is 6.95. The molecule has 0 saturated carbocycles. The quantitative estimate of drug-likeness (QED) is 0.422. The first kappa shape index (κ1) is 21.0. The SMILES string of the molecule is CCOC(=O)CCNC(=O)c1cc(I)ccc1NCc1ccc(OC)cc1. The highest BCUT2D eigenvalue weighted by molar-refractivity contribution is 14.1. The van der Waals surface area contributed by atoms with Crippen molar-refractivity contribution in [2.24, 2.45) is 0 Å². The summed E-state index contributed by atoms with van der Waals surface area (Å²) in [7, 11) is 1.63. The maximum atomic E-state index is 12.5. The van der Waals surface area contributed by atoms with E-state index in [4.69, 9.17) is 9.47 Å². The van der Waals surface area contributed by atoms with Crippen LogP contribution >= 0.6 is 22.6 Å². The average molecular weight is 482 g/mol. The molecule has 2 N–H and O–H groups in total. The third-order valence-corrected chi connectivity index (χ3v) is 4.46. The predicted octanol–water partition coefficient (Wildman–Crippen LogP) is 3.59. The molecule has 144 valence electrons. The first-order valence-corrected chi connectivity index (χ1v) is 9.71. The third kappa shape index (κ3) is 6.74. The zero-order valence-electron chi connectivity index (χ0n) is 15.4. The lowest BCUT2D eigenvalue weighted by Crippen LogP contribution is -2.27. The Morgan fingerprint density at radius 3 is 2.52 bits per heavy atom. The smallest absolute Gasteiger partial charge is 0.307 e. The van der Waals surface area contributed by atoms with E-state index in [1.165, 1.54) is 0 Å². The van der Waals surface area contributed by atoms with Crippen molar-refractivity contribution >= 4 is 40.2 Å². The van der Waals surface area contributed by atoms with Gasteiger partial charge < -0.3 is 20.1 Å². The molecule has 0 radical (unpaired) electrons. The van der Waals surface area contributed by atoms with Crippen molar-refractivity contribution in [3.63, 3.8) is 0 Å². The molecule has 0 aliphatic carbocycles. The lowest BCUT2D eigenvalue weighted by molar-refractivity contribution is -0.142. The molecule has 0 aliphatic rings. The average Bonchev–Trinajstić information content (AvgIpc) is 2.67. The first-order valence-electron chi connectivity index (χ1n) is 8.63. The first-order chi connectivity index (χ1) is 13.0. The number of carbonyl (C=O) groups excluding carboxylic acids is 2. The third-order valence-electron chi connectivity index (χ3n) is 3.79. The van der Waals surface area contributed by atoms with Crippen LogP contribution in [0, 0.1) is 3.57 Å². The van der Waals surface area contributed by atoms with E-state index in [0.29, 0.717) is 18.7 Å². The maximum Gasteiger partial charge on any atom is 0.307 e. The molecule has 2 aromatic rings. The van der Waals surface area contributed by atoms with Crippen LogP contribution in [0.25, 0.3) is 0 Å². The molecule has 2 rings (SSSR count). The van der Waals surface area contributed by atoms with Gasteiger partial charge in [0.15, 0.2) is 0 Å². The van der Waals surface area contributed by atoms with Crippen molar-refractivity contribution in [2.75, 3.05) is 25.6 Å². The van der Waals surface area contributed by atoms with Crippen molar-refractivity contribution in [1.82, 2.24) is 5.32 Å². The Balaban J connectivity index is 2.00. The highest BCUT2D eigenvalue weighted by atomic mass is 127. The molecule has 0 saturated heterocycles. The van der Waals surface area contributed by atoms with Gasteiger partial charge >= 0.3 is 5.97 Å². The van der Waals surface area contributed by atoms with Gasteiger partial charge in [0.25, 0.3) is 5.91 Å². The second-order valence-electron chi connectivity index (χ2n) is 5.70. The molecule has 0 spiro atoms. The number of rotatable bonds is 9. The monoisotopic (exact) mass is 482 g/mol. The van der Waals surface area contributed by atoms with Crippen LogP contribution in [-0.4, -0.2) is 32.1 Å². The summed E-state index contributed by atoms with van der Waals surface area (Å²) in [6.45, 7) is 2.90. The highest BCUT2D eigenvalue weighted by Crippen LogP contribution is 2.20. The molecule has 0 atom stereocenters. The number of hydrogen-bond donors (Lipinski definition) is 2. The summed E-state index contributed by atoms with van der Waals surface area (Å²) in [5.74, 6) is 0.253. The standard InChI is InChI=1S/C20H23IN2O4/c1-3-27-19(24)10-11-22-20(25)17-12-15(21)6-9-18(17)23-13-14-4-7-16(26-2)8-5-14/h4-9,12,23H,3,10-11,13H2,1-2H3,(H,22,25). The number of esters is 1. The summed E-state index contributed by atoms with van der Waals surface area (Å²) in [5, 5.41) is 6.07. The molecule has 0 aromatic heterocycles. The highest BCUT2D eigenvalue weighted by Gasteiger charge is 2.13. The lowest BCUT2D eigenvalue weighted by Gasteiger charge is -2.13. The van der Waals surface area contributed by atoms with Crippen LogP contribution in [0.4, 0.5) is 5.69 Å². The molecule has 2 aromatic carbocycles. The Bertz CT molecular complexity index is 778. The van der Waals surface area contributed by atoms with Gasteiger partial charge in [-0.15, -0.1) is 0 Å². The van der Waals surface area contributed by atoms with Gasteiger partial charge in [-0.05, 0) is 65.4 Å². The van der Waals surface area contributed by atoms with Crippen molar-refractivity contribution < 1.29 is 19.1 Å². The van der Waals surface area contributed by atoms with Crippen molar-refractivity contribution in [1.29, 1.82) is 0 Å². The van der Waals surface area contributed by atoms with Crippen LogP contribution in [0.5, 0.6) is 5.75 Å². The molecule has 1 amide bonds. The van der Waals surface area contributed by atoms with Gasteiger partial charge in [0.1, 0.15) is 5.75 Å². The van der Waals surface area contributed by atoms with Gasteiger partial charge in [0, 0.05) is 22.3 Å². The molecule has 0 unspecified atom stereocenters. The van der Waals surface area contributed by atoms with Crippen molar-refractivity contribution in [3.05, 3.63) is 57.2 Å². The lowest BCUT2D eigenvalue weighted by atomic mass is 10.1. The van der Waals surface area contributed by atoms with Gasteiger partial charge in [-0.1, -0.05) is 12.1 Å². The van der Waals surface area contributed by atoms with E-state index in [-0.39, 0.29) is 24.8 Å². The van der Waals surface area contributed by atoms with Gasteiger partial charge in [-0.2, -0.15) is 0 Å². The Morgan fingerprint density at radius 1 is 1.11 bits per heavy atom. The van der Waals surface area contributed by atoms with Crippen LogP contribution < -0.4 is 15.4 Å². The fourth-order valence-electron chi connectivity index (χ4n) is 2.41. The minimum Gasteiger partial charge on any atom is -0.497 e. The van der Waals surface area contributed by atoms with Crippen LogP contribution in [-0.2, 0) is 16.1 Å². The maximum absolute atomic E-state index is 12.5. The number of anilines is 1. The molecule has 0 heterocycles. The van der Waals surface area contributed by atoms with E-state index in [9.17, 15) is 9.59 Å². The van der Waals surface area contributed by atoms with Crippen LogP contribution in [0.1, 0.15) is 29.3 Å². The van der Waals surface area contributed by atoms with E-state index < -0.39 is 0 Å². The Labute approximate surface area is 172 Å². The van der Waals surface area contributed by atoms with Crippen LogP contribution in [0.15, 0.2) is 42.5 Å². The normalized spacial score (nSPS) is 10.2. The summed E-state index contributed by atoms with van der Waals surface area (Å²) < 4.78 is 11.0. The van der Waals surface area contributed by atoms with E-state index in [0.717, 1.165) is 20.6 Å². The van der Waals surface area contributed by atoms with Crippen LogP contribution in [0.2, 0.25) is 0 Å². The fourth-order valence-corrected chi connectivity index (χ4v) is 2.90. The molecule has 0 fully saturated rings. The summed E-state index contributed by atoms with van der Waals surface area (Å²) in [6.07, 6.45) is 0.151. The number of halogens is 1. The number of benzene rings is 2. The largest absolute Gasteiger partial charge is 0.497 e. The molecule has 0 aliphatic heterocycles. The molecule has 27 heavy (non-hydrogen) atoms. The second kappa shape index (κ2) is 10.8. The summed E-state index contributed by atoms with van der Waals surface area (Å²) in [4.78, 5) is 23.9. The van der Waals surface area contributed by atoms with Gasteiger partial charge in [0.05, 0.1) is 25.7 Å². The zero-order valence-corrected chi connectivity index (χ0v) is 17.5. The van der Waals surface area contributed by atoms with E-state index in [2.05, 4.69) is 33.2 Å². The van der Waals surface area contributed by atoms with E-state index >= 15 is 0 Å². The topological polar surface area (TPSA) is 76.7 Å². The van der Waals surface area contributed by atoms with E-state index in [1.807, 2.05) is 42.5 Å². The van der Waals surface area contributed by atoms with Crippen molar-refractivity contribution in [2.45, 2.75) is 19.9 Å². The summed E-state index contributed by atoms with van der Waals surface area (Å²) >= 11 is 2.17. The Hall–Kier alpha value is -2.29. The number of nitrogens with one attached hydrogen (secondary N) is 2. The van der Waals surface area contributed by atoms with E-state index in [1.54, 1.807) is 14.0 Å². The zero-order chi connectivity index (χ0) is 19.6. The number of ether oxygens (including phenoxy) is 2. The number of hydrogen-bond acceptors (Lipinski definition) is 5. The summed E-state index contributed by atoms with van der Waals surface area (Å²) in [5.41, 5.74) is 2.35. The van der Waals surface area contributed by atoms with Crippen LogP contribution in [0.3, 0.4) is 0 Å². The number of carbonyl (C=O) groups is 2. The molecule has 7 heteroatoms. The molecule has 6 nitrogen and oxygen atoms in total. The number of methoxy groups -OCH3 is 1. The Kier molecular flexibility index (Phi) is 8.38. The molecule has 0 bridgehead atoms. The molecular weight excluding hydrogens is 459 g/mol. The van der Waals surface area contributed by atoms with Gasteiger partial charge in [0.2, 0.25) is 0 Å². The fraction of sp³-hybridized carbons (Fsp3) is 0.300. The van der Waals surface area contributed by atoms with Gasteiger partial charge in [-0.3, -0.25) is 9.59 Å². The Morgan fingerprint density at radius 2 is 1.85 bits per heavy atom. The summed E-state index contributed by atoms with van der Waals surface area (Å²) in [6, 6.07) is 13.4. The van der Waals surface area contributed by atoms with Crippen molar-refractivity contribution in [3.8, 4) is 5.75 Å². The minimum absolute atomic E-state index is 0.151. The van der Waals surface area contributed by atoms with Gasteiger partial charge in [-0.25, -0.2) is 0 Å². The molecular formula is C20H23IN2O4. The predicted molar refractivity (Wildman–Crippen MR) is 113 cm³/mol.